The molecular weight excluding hydrogens is 392 g/mol. The zero-order chi connectivity index (χ0) is 20.8. The Bertz CT molecular complexity index is 564. The van der Waals surface area contributed by atoms with Crippen molar-refractivity contribution in [1.29, 1.82) is 0 Å². The highest BCUT2D eigenvalue weighted by Gasteiger charge is 2.38. The largest absolute Gasteiger partial charge is 0.375 e. The van der Waals surface area contributed by atoms with Crippen LogP contribution in [0.2, 0.25) is 0 Å². The third-order valence-corrected chi connectivity index (χ3v) is 7.08. The minimum atomic E-state index is -0.624. The van der Waals surface area contributed by atoms with E-state index in [1.54, 1.807) is 0 Å². The molecule has 5 unspecified atom stereocenters. The van der Waals surface area contributed by atoms with Crippen LogP contribution >= 0.6 is 11.6 Å². The highest BCUT2D eigenvalue weighted by molar-refractivity contribution is 6.31. The number of carbonyl (C=O) groups is 2. The number of halogens is 1. The lowest BCUT2D eigenvalue weighted by atomic mass is 9.86. The van der Waals surface area contributed by atoms with Gasteiger partial charge in [-0.25, -0.2) is 5.43 Å². The Morgan fingerprint density at radius 2 is 2.07 bits per heavy atom. The van der Waals surface area contributed by atoms with Gasteiger partial charge in [-0.1, -0.05) is 26.7 Å². The summed E-state index contributed by atoms with van der Waals surface area (Å²) in [5, 5.41) is -0.624. The quantitative estimate of drug-likeness (QED) is 0.577. The Morgan fingerprint density at radius 3 is 2.79 bits per heavy atom. The number of carbonyl (C=O) groups excluding carboxylic acids is 2. The molecule has 5 atom stereocenters. The summed E-state index contributed by atoms with van der Waals surface area (Å²) >= 11 is 6.27. The lowest BCUT2D eigenvalue weighted by molar-refractivity contribution is -0.140. The van der Waals surface area contributed by atoms with Gasteiger partial charge < -0.3 is 9.64 Å². The molecule has 29 heavy (non-hydrogen) atoms. The van der Waals surface area contributed by atoms with E-state index in [1.807, 2.05) is 9.80 Å². The molecule has 166 valence electrons. The van der Waals surface area contributed by atoms with E-state index in [-0.39, 0.29) is 17.9 Å². The van der Waals surface area contributed by atoms with Crippen molar-refractivity contribution in [3.63, 3.8) is 0 Å². The van der Waals surface area contributed by atoms with Crippen molar-refractivity contribution in [3.05, 3.63) is 0 Å². The van der Waals surface area contributed by atoms with Gasteiger partial charge in [-0.05, 0) is 38.0 Å². The Kier molecular flexibility index (Phi) is 8.59. The van der Waals surface area contributed by atoms with Gasteiger partial charge >= 0.3 is 0 Å². The third kappa shape index (κ3) is 6.06. The van der Waals surface area contributed by atoms with Crippen molar-refractivity contribution in [2.45, 2.75) is 82.4 Å². The summed E-state index contributed by atoms with van der Waals surface area (Å²) in [5.41, 5.74) is 5.42. The van der Waals surface area contributed by atoms with Crippen LogP contribution in [0.3, 0.4) is 0 Å². The summed E-state index contributed by atoms with van der Waals surface area (Å²) in [7, 11) is 0. The van der Waals surface area contributed by atoms with Gasteiger partial charge in [0.25, 0.3) is 5.91 Å². The summed E-state index contributed by atoms with van der Waals surface area (Å²) in [5.74, 6) is 0.442. The minimum Gasteiger partial charge on any atom is -0.375 e. The van der Waals surface area contributed by atoms with E-state index in [0.717, 1.165) is 45.2 Å². The molecule has 0 aromatic rings. The summed E-state index contributed by atoms with van der Waals surface area (Å²) in [6.45, 7) is 7.60. The molecule has 0 spiro atoms. The standard InChI is InChI=1S/C21H37ClN4O3/c1-3-6-16(4-2)29-17-8-5-7-15(11-17)13-26-10-9-25(14-19(26)27)18-12-23-24-21(28)20(18)22/h15-18,20,23H,3-14H2,1-2H3,(H,24,28). The Morgan fingerprint density at radius 1 is 1.24 bits per heavy atom. The monoisotopic (exact) mass is 428 g/mol. The van der Waals surface area contributed by atoms with Crippen LogP contribution in [0, 0.1) is 5.92 Å². The van der Waals surface area contributed by atoms with Gasteiger partial charge in [0.1, 0.15) is 5.38 Å². The first-order chi connectivity index (χ1) is 14.0. The first-order valence-corrected chi connectivity index (χ1v) is 11.8. The van der Waals surface area contributed by atoms with E-state index in [9.17, 15) is 9.59 Å². The second kappa shape index (κ2) is 10.9. The molecule has 7 nitrogen and oxygen atoms in total. The summed E-state index contributed by atoms with van der Waals surface area (Å²) in [4.78, 5) is 28.6. The van der Waals surface area contributed by atoms with Crippen LogP contribution in [0.4, 0.5) is 0 Å². The van der Waals surface area contributed by atoms with E-state index in [0.29, 0.717) is 37.8 Å². The zero-order valence-electron chi connectivity index (χ0n) is 17.9. The van der Waals surface area contributed by atoms with Gasteiger partial charge in [0, 0.05) is 32.2 Å². The maximum absolute atomic E-state index is 12.8. The van der Waals surface area contributed by atoms with E-state index >= 15 is 0 Å². The molecule has 2 heterocycles. The first kappa shape index (κ1) is 22.8. The number of ether oxygens (including phenoxy) is 1. The smallest absolute Gasteiger partial charge is 0.253 e. The summed E-state index contributed by atoms with van der Waals surface area (Å²) in [6.07, 6.45) is 8.64. The average Bonchev–Trinajstić information content (AvgIpc) is 2.71. The fraction of sp³-hybridized carbons (Fsp3) is 0.905. The molecule has 1 aliphatic carbocycles. The van der Waals surface area contributed by atoms with E-state index in [2.05, 4.69) is 24.7 Å². The Balaban J connectivity index is 1.47. The van der Waals surface area contributed by atoms with E-state index in [4.69, 9.17) is 16.3 Å². The molecular formula is C21H37ClN4O3. The number of rotatable bonds is 8. The number of hydrogen-bond acceptors (Lipinski definition) is 5. The van der Waals surface area contributed by atoms with Crippen LogP contribution in [-0.4, -0.2) is 78.0 Å². The predicted molar refractivity (Wildman–Crippen MR) is 114 cm³/mol. The van der Waals surface area contributed by atoms with E-state index < -0.39 is 5.38 Å². The predicted octanol–water partition coefficient (Wildman–Crippen LogP) is 1.90. The van der Waals surface area contributed by atoms with Crippen molar-refractivity contribution in [1.82, 2.24) is 20.7 Å². The number of hydrazine groups is 1. The van der Waals surface area contributed by atoms with Crippen molar-refractivity contribution in [2.75, 3.05) is 32.7 Å². The molecule has 0 aromatic carbocycles. The molecule has 0 radical (unpaired) electrons. The fourth-order valence-corrected chi connectivity index (χ4v) is 5.22. The Hall–Kier alpha value is -0.890. The first-order valence-electron chi connectivity index (χ1n) is 11.4. The van der Waals surface area contributed by atoms with Crippen LogP contribution < -0.4 is 10.9 Å². The number of amides is 2. The van der Waals surface area contributed by atoms with Gasteiger partial charge in [-0.2, -0.15) is 0 Å². The second-order valence-corrected chi connectivity index (χ2v) is 9.23. The van der Waals surface area contributed by atoms with E-state index in [1.165, 1.54) is 12.8 Å². The molecule has 2 N–H and O–H groups in total. The zero-order valence-corrected chi connectivity index (χ0v) is 18.6. The van der Waals surface area contributed by atoms with Gasteiger partial charge in [0.2, 0.25) is 5.91 Å². The lowest BCUT2D eigenvalue weighted by Gasteiger charge is -2.43. The number of nitrogens with one attached hydrogen (secondary N) is 2. The van der Waals surface area contributed by atoms with Gasteiger partial charge in [0.05, 0.1) is 18.8 Å². The van der Waals surface area contributed by atoms with Crippen LogP contribution in [0.5, 0.6) is 0 Å². The SMILES string of the molecule is CCCC(CC)OC1CCCC(CN2CCN(C3CNNC(=O)C3Cl)CC2=O)C1. The van der Waals surface area contributed by atoms with Crippen molar-refractivity contribution in [2.24, 2.45) is 5.92 Å². The summed E-state index contributed by atoms with van der Waals surface area (Å²) in [6, 6.07) is -0.145. The van der Waals surface area contributed by atoms with Crippen molar-refractivity contribution in [3.8, 4) is 0 Å². The number of alkyl halides is 1. The van der Waals surface area contributed by atoms with Crippen molar-refractivity contribution >= 4 is 23.4 Å². The summed E-state index contributed by atoms with van der Waals surface area (Å²) < 4.78 is 6.37. The highest BCUT2D eigenvalue weighted by Crippen LogP contribution is 2.29. The minimum absolute atomic E-state index is 0.145. The maximum atomic E-state index is 12.8. The van der Waals surface area contributed by atoms with Crippen molar-refractivity contribution < 1.29 is 14.3 Å². The maximum Gasteiger partial charge on any atom is 0.253 e. The highest BCUT2D eigenvalue weighted by atomic mass is 35.5. The van der Waals surface area contributed by atoms with Crippen LogP contribution in [0.15, 0.2) is 0 Å². The molecule has 1 saturated carbocycles. The molecule has 0 aromatic heterocycles. The Labute approximate surface area is 179 Å². The van der Waals surface area contributed by atoms with Crippen LogP contribution in [0.1, 0.15) is 58.8 Å². The second-order valence-electron chi connectivity index (χ2n) is 8.76. The normalized spacial score (nSPS) is 32.9. The van der Waals surface area contributed by atoms with Crippen LogP contribution in [-0.2, 0) is 14.3 Å². The fourth-order valence-electron chi connectivity index (χ4n) is 4.91. The van der Waals surface area contributed by atoms with Crippen LogP contribution in [0.25, 0.3) is 0 Å². The average molecular weight is 429 g/mol. The van der Waals surface area contributed by atoms with Gasteiger partial charge in [-0.15, -0.1) is 11.6 Å². The molecule has 2 amide bonds. The number of nitrogens with zero attached hydrogens (tertiary/aromatic N) is 2. The molecule has 2 aliphatic heterocycles. The van der Waals surface area contributed by atoms with Gasteiger partial charge in [0.15, 0.2) is 0 Å². The third-order valence-electron chi connectivity index (χ3n) is 6.59. The molecule has 0 bridgehead atoms. The molecule has 3 rings (SSSR count). The van der Waals surface area contributed by atoms with Gasteiger partial charge in [-0.3, -0.25) is 19.9 Å². The number of hydrogen-bond donors (Lipinski definition) is 2. The lowest BCUT2D eigenvalue weighted by Crippen LogP contribution is -2.65. The topological polar surface area (TPSA) is 73.9 Å². The molecule has 2 saturated heterocycles. The molecule has 3 fully saturated rings. The molecule has 8 heteroatoms. The molecule has 3 aliphatic rings. The number of piperazine rings is 1.